The van der Waals surface area contributed by atoms with E-state index >= 15 is 0 Å². The maximum atomic E-state index is 11.6. The standard InChI is InChI=1S/C13H26N2O/c1-2-3-7-10-14-11-13(16)15-12-8-5-4-6-9-12/h12,14H,2-11H2,1H3,(H,15,16). The summed E-state index contributed by atoms with van der Waals surface area (Å²) in [6.45, 7) is 3.64. The number of rotatable bonds is 7. The molecular weight excluding hydrogens is 200 g/mol. The number of carbonyl (C=O) groups excluding carboxylic acids is 1. The van der Waals surface area contributed by atoms with E-state index < -0.39 is 0 Å². The summed E-state index contributed by atoms with van der Waals surface area (Å²) in [4.78, 5) is 11.6. The molecule has 1 aliphatic rings. The Hall–Kier alpha value is -0.570. The first-order valence-corrected chi connectivity index (χ1v) is 6.83. The molecule has 0 aromatic rings. The fourth-order valence-corrected chi connectivity index (χ4v) is 2.23. The van der Waals surface area contributed by atoms with Crippen molar-refractivity contribution in [2.24, 2.45) is 0 Å². The van der Waals surface area contributed by atoms with Gasteiger partial charge >= 0.3 is 0 Å². The summed E-state index contributed by atoms with van der Waals surface area (Å²) in [5.74, 6) is 0.170. The van der Waals surface area contributed by atoms with Gasteiger partial charge in [-0.15, -0.1) is 0 Å². The van der Waals surface area contributed by atoms with Crippen molar-refractivity contribution in [3.05, 3.63) is 0 Å². The van der Waals surface area contributed by atoms with Crippen LogP contribution >= 0.6 is 0 Å². The molecular formula is C13H26N2O. The lowest BCUT2D eigenvalue weighted by Gasteiger charge is -2.22. The number of amides is 1. The van der Waals surface area contributed by atoms with Crippen LogP contribution in [-0.4, -0.2) is 25.0 Å². The van der Waals surface area contributed by atoms with Crippen molar-refractivity contribution in [2.75, 3.05) is 13.1 Å². The van der Waals surface area contributed by atoms with E-state index in [0.29, 0.717) is 12.6 Å². The van der Waals surface area contributed by atoms with Crippen LogP contribution in [0.2, 0.25) is 0 Å². The Bertz CT molecular complexity index is 188. The van der Waals surface area contributed by atoms with Gasteiger partial charge < -0.3 is 10.6 Å². The van der Waals surface area contributed by atoms with E-state index in [9.17, 15) is 4.79 Å². The zero-order valence-corrected chi connectivity index (χ0v) is 10.6. The van der Waals surface area contributed by atoms with E-state index in [1.807, 2.05) is 0 Å². The molecule has 1 fully saturated rings. The van der Waals surface area contributed by atoms with Crippen molar-refractivity contribution < 1.29 is 4.79 Å². The highest BCUT2D eigenvalue weighted by atomic mass is 16.1. The maximum absolute atomic E-state index is 11.6. The third kappa shape index (κ3) is 6.11. The minimum Gasteiger partial charge on any atom is -0.352 e. The van der Waals surface area contributed by atoms with Gasteiger partial charge in [0.25, 0.3) is 0 Å². The van der Waals surface area contributed by atoms with Crippen LogP contribution in [0.4, 0.5) is 0 Å². The molecule has 0 atom stereocenters. The molecule has 1 amide bonds. The first kappa shape index (κ1) is 13.5. The molecule has 0 spiro atoms. The fraction of sp³-hybridized carbons (Fsp3) is 0.923. The predicted octanol–water partition coefficient (Wildman–Crippen LogP) is 2.22. The van der Waals surface area contributed by atoms with Gasteiger partial charge in [-0.25, -0.2) is 0 Å². The van der Waals surface area contributed by atoms with Crippen LogP contribution in [0, 0.1) is 0 Å². The van der Waals surface area contributed by atoms with E-state index in [1.54, 1.807) is 0 Å². The van der Waals surface area contributed by atoms with Gasteiger partial charge in [-0.05, 0) is 25.8 Å². The molecule has 0 radical (unpaired) electrons. The van der Waals surface area contributed by atoms with Crippen LogP contribution in [0.1, 0.15) is 58.3 Å². The molecule has 0 aromatic carbocycles. The number of nitrogens with one attached hydrogen (secondary N) is 2. The zero-order valence-electron chi connectivity index (χ0n) is 10.6. The second-order valence-electron chi connectivity index (χ2n) is 4.79. The average molecular weight is 226 g/mol. The molecule has 0 aliphatic heterocycles. The van der Waals surface area contributed by atoms with Gasteiger partial charge in [-0.2, -0.15) is 0 Å². The summed E-state index contributed by atoms with van der Waals surface area (Å²) < 4.78 is 0. The molecule has 3 heteroatoms. The third-order valence-corrected chi connectivity index (χ3v) is 3.21. The molecule has 1 rings (SSSR count). The van der Waals surface area contributed by atoms with E-state index in [2.05, 4.69) is 17.6 Å². The SMILES string of the molecule is CCCCCNCC(=O)NC1CCCCC1. The summed E-state index contributed by atoms with van der Waals surface area (Å²) in [5.41, 5.74) is 0. The maximum Gasteiger partial charge on any atom is 0.234 e. The van der Waals surface area contributed by atoms with Crippen molar-refractivity contribution in [2.45, 2.75) is 64.3 Å². The number of hydrogen-bond acceptors (Lipinski definition) is 2. The fourth-order valence-electron chi connectivity index (χ4n) is 2.23. The second-order valence-corrected chi connectivity index (χ2v) is 4.79. The van der Waals surface area contributed by atoms with Crippen LogP contribution < -0.4 is 10.6 Å². The van der Waals surface area contributed by atoms with E-state index in [1.165, 1.54) is 51.4 Å². The number of hydrogen-bond donors (Lipinski definition) is 2. The van der Waals surface area contributed by atoms with Gasteiger partial charge in [0, 0.05) is 6.04 Å². The highest BCUT2D eigenvalue weighted by Gasteiger charge is 2.14. The summed E-state index contributed by atoms with van der Waals surface area (Å²) in [5, 5.41) is 6.31. The summed E-state index contributed by atoms with van der Waals surface area (Å²) >= 11 is 0. The molecule has 0 saturated heterocycles. The Kier molecular flexibility index (Phi) is 7.23. The number of carbonyl (C=O) groups is 1. The normalized spacial score (nSPS) is 17.3. The van der Waals surface area contributed by atoms with Crippen LogP contribution in [0.25, 0.3) is 0 Å². The minimum atomic E-state index is 0.170. The molecule has 0 aromatic heterocycles. The van der Waals surface area contributed by atoms with E-state index in [-0.39, 0.29) is 5.91 Å². The lowest BCUT2D eigenvalue weighted by Crippen LogP contribution is -2.41. The van der Waals surface area contributed by atoms with Gasteiger partial charge in [0.2, 0.25) is 5.91 Å². The van der Waals surface area contributed by atoms with Crippen molar-refractivity contribution >= 4 is 5.91 Å². The molecule has 94 valence electrons. The number of unbranched alkanes of at least 4 members (excludes halogenated alkanes) is 2. The molecule has 0 heterocycles. The first-order valence-electron chi connectivity index (χ1n) is 6.83. The smallest absolute Gasteiger partial charge is 0.234 e. The Morgan fingerprint density at radius 1 is 1.19 bits per heavy atom. The highest BCUT2D eigenvalue weighted by molar-refractivity contribution is 5.78. The van der Waals surface area contributed by atoms with Gasteiger partial charge in [0.15, 0.2) is 0 Å². The van der Waals surface area contributed by atoms with Crippen molar-refractivity contribution in [1.82, 2.24) is 10.6 Å². The lowest BCUT2D eigenvalue weighted by atomic mass is 9.95. The topological polar surface area (TPSA) is 41.1 Å². The predicted molar refractivity (Wildman–Crippen MR) is 67.4 cm³/mol. The van der Waals surface area contributed by atoms with E-state index in [0.717, 1.165) is 6.54 Å². The second kappa shape index (κ2) is 8.57. The van der Waals surface area contributed by atoms with Crippen LogP contribution in [0.5, 0.6) is 0 Å². The first-order chi connectivity index (χ1) is 7.83. The average Bonchev–Trinajstić information content (AvgIpc) is 2.30. The monoisotopic (exact) mass is 226 g/mol. The molecule has 2 N–H and O–H groups in total. The van der Waals surface area contributed by atoms with Crippen LogP contribution in [-0.2, 0) is 4.79 Å². The highest BCUT2D eigenvalue weighted by Crippen LogP contribution is 2.16. The largest absolute Gasteiger partial charge is 0.352 e. The van der Waals surface area contributed by atoms with Gasteiger partial charge in [0.05, 0.1) is 6.54 Å². The van der Waals surface area contributed by atoms with Crippen LogP contribution in [0.3, 0.4) is 0 Å². The third-order valence-electron chi connectivity index (χ3n) is 3.21. The van der Waals surface area contributed by atoms with Gasteiger partial charge in [0.1, 0.15) is 0 Å². The molecule has 1 aliphatic carbocycles. The quantitative estimate of drug-likeness (QED) is 0.654. The van der Waals surface area contributed by atoms with Crippen molar-refractivity contribution in [3.63, 3.8) is 0 Å². The lowest BCUT2D eigenvalue weighted by molar-refractivity contribution is -0.121. The van der Waals surface area contributed by atoms with Crippen LogP contribution in [0.15, 0.2) is 0 Å². The summed E-state index contributed by atoms with van der Waals surface area (Å²) in [6.07, 6.45) is 9.87. The van der Waals surface area contributed by atoms with Crippen molar-refractivity contribution in [3.8, 4) is 0 Å². The van der Waals surface area contributed by atoms with Gasteiger partial charge in [-0.1, -0.05) is 39.0 Å². The Morgan fingerprint density at radius 2 is 1.94 bits per heavy atom. The van der Waals surface area contributed by atoms with Crippen molar-refractivity contribution in [1.29, 1.82) is 0 Å². The molecule has 16 heavy (non-hydrogen) atoms. The molecule has 0 bridgehead atoms. The Morgan fingerprint density at radius 3 is 2.62 bits per heavy atom. The molecule has 0 unspecified atom stereocenters. The van der Waals surface area contributed by atoms with E-state index in [4.69, 9.17) is 0 Å². The molecule has 1 saturated carbocycles. The zero-order chi connectivity index (χ0) is 11.6. The van der Waals surface area contributed by atoms with Gasteiger partial charge in [-0.3, -0.25) is 4.79 Å². The summed E-state index contributed by atoms with van der Waals surface area (Å²) in [6, 6.07) is 0.443. The summed E-state index contributed by atoms with van der Waals surface area (Å²) in [7, 11) is 0. The Balaban J connectivity index is 1.97. The molecule has 3 nitrogen and oxygen atoms in total. The minimum absolute atomic E-state index is 0.170. The Labute approximate surface area is 99.4 Å².